The lowest BCUT2D eigenvalue weighted by Crippen LogP contribution is -1.94. The molecule has 2 rings (SSSR count). The molecule has 0 saturated carbocycles. The molecule has 1 aromatic heterocycles. The molecule has 0 aliphatic rings. The van der Waals surface area contributed by atoms with E-state index in [0.717, 1.165) is 33.3 Å². The van der Waals surface area contributed by atoms with Gasteiger partial charge < -0.3 is 9.84 Å². The second kappa shape index (κ2) is 5.50. The quantitative estimate of drug-likeness (QED) is 0.922. The molecule has 1 heterocycles. The van der Waals surface area contributed by atoms with E-state index in [1.54, 1.807) is 18.4 Å². The van der Waals surface area contributed by atoms with E-state index < -0.39 is 0 Å². The Morgan fingerprint density at radius 3 is 2.72 bits per heavy atom. The Kier molecular flexibility index (Phi) is 3.99. The summed E-state index contributed by atoms with van der Waals surface area (Å²) in [6, 6.07) is 6.14. The Morgan fingerprint density at radius 1 is 1.33 bits per heavy atom. The summed E-state index contributed by atoms with van der Waals surface area (Å²) in [5, 5.41) is 10.2. The van der Waals surface area contributed by atoms with Gasteiger partial charge in [0.2, 0.25) is 0 Å². The smallest absolute Gasteiger partial charge is 0.122 e. The number of ether oxygens (including phenoxy) is 1. The van der Waals surface area contributed by atoms with Crippen molar-refractivity contribution in [2.75, 3.05) is 7.11 Å². The fourth-order valence-electron chi connectivity index (χ4n) is 1.92. The first-order valence-electron chi connectivity index (χ1n) is 5.83. The molecule has 0 atom stereocenters. The number of rotatable bonds is 4. The number of thiazole rings is 1. The van der Waals surface area contributed by atoms with E-state index in [4.69, 9.17) is 4.74 Å². The fourth-order valence-corrected chi connectivity index (χ4v) is 2.87. The van der Waals surface area contributed by atoms with Crippen molar-refractivity contribution in [1.82, 2.24) is 4.98 Å². The molecule has 3 nitrogen and oxygen atoms in total. The van der Waals surface area contributed by atoms with Crippen molar-refractivity contribution in [2.45, 2.75) is 26.9 Å². The van der Waals surface area contributed by atoms with Gasteiger partial charge in [0.1, 0.15) is 5.75 Å². The van der Waals surface area contributed by atoms with E-state index in [1.807, 2.05) is 19.1 Å². The van der Waals surface area contributed by atoms with Crippen molar-refractivity contribution in [3.8, 4) is 5.75 Å². The standard InChI is InChI=1S/C14H17NO2S/c1-9-4-5-12(17-3)11(6-9)7-14-15-10(2)13(8-16)18-14/h4-6,16H,7-8H2,1-3H3. The average Bonchev–Trinajstić information content (AvgIpc) is 2.70. The van der Waals surface area contributed by atoms with Crippen LogP contribution in [-0.4, -0.2) is 17.2 Å². The Labute approximate surface area is 111 Å². The van der Waals surface area contributed by atoms with Gasteiger partial charge in [-0.15, -0.1) is 11.3 Å². The van der Waals surface area contributed by atoms with Gasteiger partial charge in [0.15, 0.2) is 0 Å². The molecule has 0 aliphatic heterocycles. The molecule has 0 bridgehead atoms. The van der Waals surface area contributed by atoms with Crippen LogP contribution in [0.1, 0.15) is 26.7 Å². The number of aryl methyl sites for hydroxylation is 2. The summed E-state index contributed by atoms with van der Waals surface area (Å²) in [7, 11) is 1.68. The highest BCUT2D eigenvalue weighted by Gasteiger charge is 2.10. The summed E-state index contributed by atoms with van der Waals surface area (Å²) < 4.78 is 5.36. The molecule has 0 aliphatic carbocycles. The molecule has 0 radical (unpaired) electrons. The minimum absolute atomic E-state index is 0.0639. The van der Waals surface area contributed by atoms with Gasteiger partial charge in [-0.2, -0.15) is 0 Å². The topological polar surface area (TPSA) is 42.4 Å². The first kappa shape index (κ1) is 13.1. The lowest BCUT2D eigenvalue weighted by molar-refractivity contribution is 0.284. The van der Waals surface area contributed by atoms with Crippen LogP contribution in [-0.2, 0) is 13.0 Å². The van der Waals surface area contributed by atoms with Gasteiger partial charge in [-0.05, 0) is 19.9 Å². The third-order valence-electron chi connectivity index (χ3n) is 2.86. The van der Waals surface area contributed by atoms with Crippen LogP contribution < -0.4 is 4.74 Å². The highest BCUT2D eigenvalue weighted by Crippen LogP contribution is 2.26. The Bertz CT molecular complexity index is 549. The van der Waals surface area contributed by atoms with Crippen LogP contribution in [0.4, 0.5) is 0 Å². The van der Waals surface area contributed by atoms with Gasteiger partial charge in [0.25, 0.3) is 0 Å². The Morgan fingerprint density at radius 2 is 2.11 bits per heavy atom. The highest BCUT2D eigenvalue weighted by molar-refractivity contribution is 7.11. The van der Waals surface area contributed by atoms with Gasteiger partial charge in [-0.25, -0.2) is 4.98 Å². The van der Waals surface area contributed by atoms with E-state index in [0.29, 0.717) is 0 Å². The molecule has 18 heavy (non-hydrogen) atoms. The number of methoxy groups -OCH3 is 1. The zero-order valence-electron chi connectivity index (χ0n) is 10.9. The number of aromatic nitrogens is 1. The summed E-state index contributed by atoms with van der Waals surface area (Å²) in [5.74, 6) is 0.888. The molecular formula is C14H17NO2S. The van der Waals surface area contributed by atoms with Crippen LogP contribution in [0.25, 0.3) is 0 Å². The summed E-state index contributed by atoms with van der Waals surface area (Å²) in [6.45, 7) is 4.06. The maximum atomic E-state index is 9.19. The van der Waals surface area contributed by atoms with Gasteiger partial charge in [0, 0.05) is 12.0 Å². The lowest BCUT2D eigenvalue weighted by atomic mass is 10.1. The molecule has 4 heteroatoms. The fraction of sp³-hybridized carbons (Fsp3) is 0.357. The second-order valence-electron chi connectivity index (χ2n) is 4.27. The highest BCUT2D eigenvalue weighted by atomic mass is 32.1. The number of benzene rings is 1. The third-order valence-corrected chi connectivity index (χ3v) is 4.00. The number of hydrogen-bond acceptors (Lipinski definition) is 4. The van der Waals surface area contributed by atoms with Crippen LogP contribution in [0.5, 0.6) is 5.75 Å². The maximum Gasteiger partial charge on any atom is 0.122 e. The summed E-state index contributed by atoms with van der Waals surface area (Å²) in [4.78, 5) is 5.43. The summed E-state index contributed by atoms with van der Waals surface area (Å²) in [6.07, 6.45) is 0.746. The predicted octanol–water partition coefficient (Wildman–Crippen LogP) is 2.85. The van der Waals surface area contributed by atoms with Crippen molar-refractivity contribution in [3.63, 3.8) is 0 Å². The number of nitrogens with zero attached hydrogens (tertiary/aromatic N) is 1. The van der Waals surface area contributed by atoms with Gasteiger partial charge >= 0.3 is 0 Å². The van der Waals surface area contributed by atoms with Crippen molar-refractivity contribution in [3.05, 3.63) is 44.9 Å². The molecule has 1 N–H and O–H groups in total. The third kappa shape index (κ3) is 2.71. The van der Waals surface area contributed by atoms with Crippen LogP contribution >= 0.6 is 11.3 Å². The molecule has 2 aromatic rings. The van der Waals surface area contributed by atoms with E-state index in [1.165, 1.54) is 5.56 Å². The molecule has 0 amide bonds. The predicted molar refractivity (Wildman–Crippen MR) is 73.3 cm³/mol. The van der Waals surface area contributed by atoms with E-state index >= 15 is 0 Å². The number of hydrogen-bond donors (Lipinski definition) is 1. The monoisotopic (exact) mass is 263 g/mol. The Balaban J connectivity index is 2.29. The van der Waals surface area contributed by atoms with E-state index in [-0.39, 0.29) is 6.61 Å². The zero-order valence-corrected chi connectivity index (χ0v) is 11.7. The van der Waals surface area contributed by atoms with Gasteiger partial charge in [-0.1, -0.05) is 17.7 Å². The van der Waals surface area contributed by atoms with Crippen molar-refractivity contribution in [2.24, 2.45) is 0 Å². The first-order valence-corrected chi connectivity index (χ1v) is 6.65. The van der Waals surface area contributed by atoms with Crippen molar-refractivity contribution in [1.29, 1.82) is 0 Å². The summed E-state index contributed by atoms with van der Waals surface area (Å²) in [5.41, 5.74) is 3.27. The normalized spacial score (nSPS) is 10.7. The number of aliphatic hydroxyl groups is 1. The van der Waals surface area contributed by atoms with E-state index in [2.05, 4.69) is 18.0 Å². The molecule has 0 fully saturated rings. The van der Waals surface area contributed by atoms with Gasteiger partial charge in [-0.3, -0.25) is 0 Å². The largest absolute Gasteiger partial charge is 0.496 e. The molecule has 0 spiro atoms. The van der Waals surface area contributed by atoms with Gasteiger partial charge in [0.05, 0.1) is 29.3 Å². The Hall–Kier alpha value is -1.39. The minimum Gasteiger partial charge on any atom is -0.496 e. The zero-order chi connectivity index (χ0) is 13.1. The number of aliphatic hydroxyl groups excluding tert-OH is 1. The van der Waals surface area contributed by atoms with Crippen molar-refractivity contribution < 1.29 is 9.84 Å². The van der Waals surface area contributed by atoms with Crippen LogP contribution in [0.3, 0.4) is 0 Å². The average molecular weight is 263 g/mol. The molecule has 96 valence electrons. The maximum absolute atomic E-state index is 9.19. The second-order valence-corrected chi connectivity index (χ2v) is 5.43. The van der Waals surface area contributed by atoms with Crippen molar-refractivity contribution >= 4 is 11.3 Å². The molecule has 1 aromatic carbocycles. The molecule has 0 unspecified atom stereocenters. The van der Waals surface area contributed by atoms with Crippen LogP contribution in [0.15, 0.2) is 18.2 Å². The lowest BCUT2D eigenvalue weighted by Gasteiger charge is -2.07. The van der Waals surface area contributed by atoms with Crippen LogP contribution in [0.2, 0.25) is 0 Å². The first-order chi connectivity index (χ1) is 8.63. The minimum atomic E-state index is 0.0639. The van der Waals surface area contributed by atoms with E-state index in [9.17, 15) is 5.11 Å². The van der Waals surface area contributed by atoms with Crippen LogP contribution in [0, 0.1) is 13.8 Å². The molecular weight excluding hydrogens is 246 g/mol. The molecule has 0 saturated heterocycles. The SMILES string of the molecule is COc1ccc(C)cc1Cc1nc(C)c(CO)s1. The summed E-state index contributed by atoms with van der Waals surface area (Å²) >= 11 is 1.56.